The van der Waals surface area contributed by atoms with Gasteiger partial charge in [-0.15, -0.1) is 0 Å². The first kappa shape index (κ1) is 27.1. The normalized spacial score (nSPS) is 15.3. The van der Waals surface area contributed by atoms with E-state index in [2.05, 4.69) is 20.9 Å². The molecular formula is C26H24BrClN2O6S. The summed E-state index contributed by atoms with van der Waals surface area (Å²) in [6.07, 6.45) is 1.76. The molecule has 0 amide bonds. The Morgan fingerprint density at radius 2 is 1.89 bits per heavy atom. The van der Waals surface area contributed by atoms with Crippen LogP contribution in [0.25, 0.3) is 6.08 Å². The minimum Gasteiger partial charge on any atom is -0.493 e. The van der Waals surface area contributed by atoms with Crippen molar-refractivity contribution >= 4 is 50.9 Å². The van der Waals surface area contributed by atoms with Crippen LogP contribution in [0.5, 0.6) is 11.5 Å². The average Bonchev–Trinajstić information content (AvgIpc) is 3.17. The Labute approximate surface area is 230 Å². The summed E-state index contributed by atoms with van der Waals surface area (Å²) in [4.78, 5) is 32.0. The van der Waals surface area contributed by atoms with E-state index in [1.807, 2.05) is 6.07 Å². The van der Waals surface area contributed by atoms with E-state index in [0.717, 1.165) is 5.56 Å². The molecule has 3 aromatic rings. The van der Waals surface area contributed by atoms with Crippen molar-refractivity contribution in [2.75, 3.05) is 34.5 Å². The van der Waals surface area contributed by atoms with Crippen LogP contribution in [-0.4, -0.2) is 45.1 Å². The molecule has 0 saturated heterocycles. The van der Waals surface area contributed by atoms with E-state index in [-0.39, 0.29) is 24.3 Å². The lowest BCUT2D eigenvalue weighted by Gasteiger charge is -2.24. The first-order valence-corrected chi connectivity index (χ1v) is 13.1. The highest BCUT2D eigenvalue weighted by molar-refractivity contribution is 9.10. The minimum absolute atomic E-state index is 0.0814. The van der Waals surface area contributed by atoms with Crippen LogP contribution < -0.4 is 24.4 Å². The SMILES string of the molecule is COCCOC(=O)C1=C(C)N=c2sc(=Cc3cc(Br)c(OC)c(OC)c3)c(=O)n2C1c1ccc(Cl)cc1. The van der Waals surface area contributed by atoms with Gasteiger partial charge in [-0.2, -0.15) is 0 Å². The van der Waals surface area contributed by atoms with Gasteiger partial charge >= 0.3 is 5.97 Å². The molecule has 0 spiro atoms. The number of thiazole rings is 1. The Morgan fingerprint density at radius 3 is 2.54 bits per heavy atom. The first-order valence-electron chi connectivity index (χ1n) is 11.1. The number of rotatable bonds is 8. The van der Waals surface area contributed by atoms with Crippen molar-refractivity contribution in [1.82, 2.24) is 4.57 Å². The van der Waals surface area contributed by atoms with Crippen LogP contribution in [0, 0.1) is 0 Å². The minimum atomic E-state index is -0.733. The second-order valence-corrected chi connectivity index (χ2v) is 10.3. The quantitative estimate of drug-likeness (QED) is 0.286. The molecule has 0 fully saturated rings. The molecule has 1 aliphatic rings. The number of carbonyl (C=O) groups excluding carboxylic acids is 1. The maximum atomic E-state index is 13.8. The Bertz CT molecular complexity index is 1540. The number of methoxy groups -OCH3 is 3. The fraction of sp³-hybridized carbons (Fsp3) is 0.269. The van der Waals surface area contributed by atoms with Crippen LogP contribution in [-0.2, 0) is 14.3 Å². The third-order valence-electron chi connectivity index (χ3n) is 5.70. The lowest BCUT2D eigenvalue weighted by atomic mass is 9.96. The van der Waals surface area contributed by atoms with Crippen LogP contribution in [0.2, 0.25) is 5.02 Å². The highest BCUT2D eigenvalue weighted by Crippen LogP contribution is 2.36. The molecule has 0 bridgehead atoms. The number of esters is 1. The van der Waals surface area contributed by atoms with Crippen LogP contribution in [0.15, 0.2) is 61.9 Å². The third kappa shape index (κ3) is 5.52. The van der Waals surface area contributed by atoms with Crippen molar-refractivity contribution in [2.45, 2.75) is 13.0 Å². The molecule has 1 unspecified atom stereocenters. The third-order valence-corrected chi connectivity index (χ3v) is 7.53. The number of benzene rings is 2. The van der Waals surface area contributed by atoms with Crippen LogP contribution >= 0.6 is 38.9 Å². The molecule has 0 aliphatic carbocycles. The van der Waals surface area contributed by atoms with Crippen LogP contribution in [0.4, 0.5) is 0 Å². The maximum Gasteiger partial charge on any atom is 0.338 e. The van der Waals surface area contributed by atoms with Crippen molar-refractivity contribution < 1.29 is 23.7 Å². The number of nitrogens with zero attached hydrogens (tertiary/aromatic N) is 2. The summed E-state index contributed by atoms with van der Waals surface area (Å²) in [6, 6.07) is 9.90. The smallest absolute Gasteiger partial charge is 0.338 e. The number of hydrogen-bond donors (Lipinski definition) is 0. The summed E-state index contributed by atoms with van der Waals surface area (Å²) in [5, 5.41) is 0.542. The standard InChI is InChI=1S/C26H24BrClN2O6S/c1-14-21(25(32)36-10-9-33-2)22(16-5-7-17(28)8-6-16)30-24(31)20(37-26(30)29-14)13-15-11-18(27)23(35-4)19(12-15)34-3/h5-8,11-13,22H,9-10H2,1-4H3. The fourth-order valence-corrected chi connectivity index (χ4v) is 5.81. The molecule has 194 valence electrons. The van der Waals surface area contributed by atoms with Crippen molar-refractivity contribution in [1.29, 1.82) is 0 Å². The van der Waals surface area contributed by atoms with Gasteiger partial charge in [0.25, 0.3) is 5.56 Å². The van der Waals surface area contributed by atoms with E-state index in [1.165, 1.54) is 23.0 Å². The molecule has 1 atom stereocenters. The average molecular weight is 608 g/mol. The second kappa shape index (κ2) is 11.6. The molecule has 1 aromatic heterocycles. The van der Waals surface area contributed by atoms with E-state index in [4.69, 9.17) is 30.5 Å². The molecule has 0 saturated carbocycles. The summed E-state index contributed by atoms with van der Waals surface area (Å²) < 4.78 is 23.9. The van der Waals surface area contributed by atoms with Crippen molar-refractivity contribution in [3.8, 4) is 11.5 Å². The lowest BCUT2D eigenvalue weighted by Crippen LogP contribution is -2.40. The van der Waals surface area contributed by atoms with Crippen molar-refractivity contribution in [2.24, 2.45) is 4.99 Å². The van der Waals surface area contributed by atoms with Crippen LogP contribution in [0.3, 0.4) is 0 Å². The summed E-state index contributed by atoms with van der Waals surface area (Å²) in [5.41, 5.74) is 1.91. The van der Waals surface area contributed by atoms with E-state index < -0.39 is 12.0 Å². The number of allylic oxidation sites excluding steroid dienone is 1. The first-order chi connectivity index (χ1) is 17.8. The van der Waals surface area contributed by atoms with Gasteiger partial charge in [-0.3, -0.25) is 9.36 Å². The number of hydrogen-bond acceptors (Lipinski definition) is 8. The Balaban J connectivity index is 1.89. The van der Waals surface area contributed by atoms with E-state index in [0.29, 0.717) is 41.6 Å². The molecule has 37 heavy (non-hydrogen) atoms. The molecule has 8 nitrogen and oxygen atoms in total. The Hall–Kier alpha value is -2.92. The fourth-order valence-electron chi connectivity index (χ4n) is 4.01. The van der Waals surface area contributed by atoms with Gasteiger partial charge < -0.3 is 18.9 Å². The number of ether oxygens (including phenoxy) is 4. The van der Waals surface area contributed by atoms with E-state index in [1.54, 1.807) is 57.6 Å². The Kier molecular flexibility index (Phi) is 8.53. The predicted octanol–water partition coefficient (Wildman–Crippen LogP) is 3.86. The van der Waals surface area contributed by atoms with Gasteiger partial charge in [-0.25, -0.2) is 9.79 Å². The molecule has 2 heterocycles. The van der Waals surface area contributed by atoms with Gasteiger partial charge in [0.15, 0.2) is 16.3 Å². The molecule has 0 N–H and O–H groups in total. The van der Waals surface area contributed by atoms with Crippen molar-refractivity contribution in [3.05, 3.63) is 88.0 Å². The van der Waals surface area contributed by atoms with Gasteiger partial charge in [-0.1, -0.05) is 35.1 Å². The van der Waals surface area contributed by atoms with E-state index >= 15 is 0 Å². The summed E-state index contributed by atoms with van der Waals surface area (Å²) in [7, 11) is 4.62. The zero-order valence-corrected chi connectivity index (χ0v) is 23.7. The highest BCUT2D eigenvalue weighted by Gasteiger charge is 2.33. The molecule has 4 rings (SSSR count). The van der Waals surface area contributed by atoms with Crippen LogP contribution in [0.1, 0.15) is 24.1 Å². The molecule has 2 aromatic carbocycles. The topological polar surface area (TPSA) is 88.4 Å². The zero-order chi connectivity index (χ0) is 26.7. The predicted molar refractivity (Wildman–Crippen MR) is 145 cm³/mol. The lowest BCUT2D eigenvalue weighted by molar-refractivity contribution is -0.140. The molecule has 0 radical (unpaired) electrons. The monoisotopic (exact) mass is 606 g/mol. The number of aromatic nitrogens is 1. The second-order valence-electron chi connectivity index (χ2n) is 8.00. The van der Waals surface area contributed by atoms with Gasteiger partial charge in [0.05, 0.1) is 47.1 Å². The molecule has 1 aliphatic heterocycles. The maximum absolute atomic E-state index is 13.8. The summed E-state index contributed by atoms with van der Waals surface area (Å²) in [5.74, 6) is 0.513. The van der Waals surface area contributed by atoms with Gasteiger partial charge in [0.1, 0.15) is 6.61 Å². The Morgan fingerprint density at radius 1 is 1.16 bits per heavy atom. The number of halogens is 2. The number of carbonyl (C=O) groups is 1. The van der Waals surface area contributed by atoms with E-state index in [9.17, 15) is 9.59 Å². The van der Waals surface area contributed by atoms with Gasteiger partial charge in [-0.05, 0) is 64.3 Å². The molecular weight excluding hydrogens is 584 g/mol. The van der Waals surface area contributed by atoms with Gasteiger partial charge in [0, 0.05) is 12.1 Å². The van der Waals surface area contributed by atoms with Crippen molar-refractivity contribution in [3.63, 3.8) is 0 Å². The summed E-state index contributed by atoms with van der Waals surface area (Å²) >= 11 is 10.8. The molecule has 11 heteroatoms. The van der Waals surface area contributed by atoms with Gasteiger partial charge in [0.2, 0.25) is 0 Å². The summed E-state index contributed by atoms with van der Waals surface area (Å²) in [6.45, 7) is 2.07. The largest absolute Gasteiger partial charge is 0.493 e. The highest BCUT2D eigenvalue weighted by atomic mass is 79.9. The number of fused-ring (bicyclic) bond motifs is 1. The zero-order valence-electron chi connectivity index (χ0n) is 20.5.